The van der Waals surface area contributed by atoms with Crippen LogP contribution in [0.2, 0.25) is 5.02 Å². The Bertz CT molecular complexity index is 1170. The van der Waals surface area contributed by atoms with Gasteiger partial charge in [0.15, 0.2) is 0 Å². The van der Waals surface area contributed by atoms with Crippen molar-refractivity contribution in [2.24, 2.45) is 16.3 Å². The maximum absolute atomic E-state index is 13.4. The molecule has 3 aromatic rings. The third-order valence-corrected chi connectivity index (χ3v) is 7.74. The van der Waals surface area contributed by atoms with E-state index in [-0.39, 0.29) is 11.3 Å². The van der Waals surface area contributed by atoms with Crippen LogP contribution in [0.25, 0.3) is 0 Å². The summed E-state index contributed by atoms with van der Waals surface area (Å²) < 4.78 is 5.53. The van der Waals surface area contributed by atoms with Crippen LogP contribution in [0.15, 0.2) is 53.5 Å². The summed E-state index contributed by atoms with van der Waals surface area (Å²) in [5.41, 5.74) is 3.77. The Morgan fingerprint density at radius 3 is 2.53 bits per heavy atom. The number of anilines is 1. The predicted molar refractivity (Wildman–Crippen MR) is 144 cm³/mol. The van der Waals surface area contributed by atoms with E-state index in [0.717, 1.165) is 46.8 Å². The maximum atomic E-state index is 13.4. The van der Waals surface area contributed by atoms with E-state index in [2.05, 4.69) is 26.1 Å². The van der Waals surface area contributed by atoms with E-state index in [1.54, 1.807) is 23.5 Å². The monoisotopic (exact) mass is 494 g/mol. The lowest BCUT2D eigenvalue weighted by molar-refractivity contribution is 0.102. The van der Waals surface area contributed by atoms with Crippen LogP contribution in [-0.4, -0.2) is 18.7 Å². The maximum Gasteiger partial charge on any atom is 0.259 e. The highest BCUT2D eigenvalue weighted by atomic mass is 35.5. The van der Waals surface area contributed by atoms with Gasteiger partial charge in [0.05, 0.1) is 12.2 Å². The number of amides is 1. The second kappa shape index (κ2) is 10.3. The van der Waals surface area contributed by atoms with Gasteiger partial charge < -0.3 is 10.1 Å². The molecule has 0 fully saturated rings. The van der Waals surface area contributed by atoms with Gasteiger partial charge in [-0.15, -0.1) is 11.3 Å². The first-order valence-corrected chi connectivity index (χ1v) is 12.9. The van der Waals surface area contributed by atoms with E-state index in [9.17, 15) is 4.79 Å². The van der Waals surface area contributed by atoms with Gasteiger partial charge in [0.25, 0.3) is 5.91 Å². The molecule has 1 amide bonds. The van der Waals surface area contributed by atoms with Crippen molar-refractivity contribution in [3.63, 3.8) is 0 Å². The largest absolute Gasteiger partial charge is 0.494 e. The molecule has 6 heteroatoms. The Labute approximate surface area is 211 Å². The average molecular weight is 495 g/mol. The standard InChI is InChI=1S/C28H31ClN2O2S/c1-5-33-22-13-6-18(7-14-22)17-30-27-25(26(32)31-21-11-9-20(29)10-12-21)23-15-8-19(28(2,3)4)16-24(23)34-27/h6-7,9-14,17,19H,5,8,15-16H2,1-4H3,(H,31,32)/t19-/m1/s1. The molecule has 2 aromatic carbocycles. The van der Waals surface area contributed by atoms with Crippen LogP contribution >= 0.6 is 22.9 Å². The SMILES string of the molecule is CCOc1ccc(C=Nc2sc3c(c2C(=O)Nc2ccc(Cl)cc2)CC[C@@H](C(C)(C)C)C3)cc1. The highest BCUT2D eigenvalue weighted by molar-refractivity contribution is 7.16. The number of aliphatic imine (C=N–C) groups is 1. The second-order valence-electron chi connectivity index (χ2n) is 9.71. The summed E-state index contributed by atoms with van der Waals surface area (Å²) in [4.78, 5) is 19.5. The number of fused-ring (bicyclic) bond motifs is 1. The Balaban J connectivity index is 1.66. The van der Waals surface area contributed by atoms with Gasteiger partial charge in [-0.05, 0) is 97.2 Å². The zero-order chi connectivity index (χ0) is 24.3. The van der Waals surface area contributed by atoms with Gasteiger partial charge in [0.2, 0.25) is 0 Å². The lowest BCUT2D eigenvalue weighted by Crippen LogP contribution is -2.27. The second-order valence-corrected chi connectivity index (χ2v) is 11.2. The third-order valence-electron chi connectivity index (χ3n) is 6.32. The zero-order valence-electron chi connectivity index (χ0n) is 20.2. The first-order valence-electron chi connectivity index (χ1n) is 11.7. The Hall–Kier alpha value is -2.63. The van der Waals surface area contributed by atoms with Crippen LogP contribution in [0.3, 0.4) is 0 Å². The molecular formula is C28H31ClN2O2S. The fourth-order valence-corrected chi connectivity index (χ4v) is 5.71. The first-order chi connectivity index (χ1) is 16.2. The van der Waals surface area contributed by atoms with E-state index in [1.165, 1.54) is 4.88 Å². The molecule has 0 bridgehead atoms. The fraction of sp³-hybridized carbons (Fsp3) is 0.357. The Kier molecular flexibility index (Phi) is 7.44. The van der Waals surface area contributed by atoms with Crippen molar-refractivity contribution in [1.82, 2.24) is 0 Å². The summed E-state index contributed by atoms with van der Waals surface area (Å²) >= 11 is 7.66. The molecule has 1 aliphatic rings. The summed E-state index contributed by atoms with van der Waals surface area (Å²) in [6.45, 7) is 9.50. The predicted octanol–water partition coefficient (Wildman–Crippen LogP) is 7.95. The normalized spacial score (nSPS) is 15.9. The zero-order valence-corrected chi connectivity index (χ0v) is 21.7. The molecule has 4 nitrogen and oxygen atoms in total. The van der Waals surface area contributed by atoms with Crippen molar-refractivity contribution >= 4 is 45.7 Å². The molecule has 178 valence electrons. The van der Waals surface area contributed by atoms with Gasteiger partial charge in [0, 0.05) is 21.8 Å². The van der Waals surface area contributed by atoms with Crippen molar-refractivity contribution in [1.29, 1.82) is 0 Å². The van der Waals surface area contributed by atoms with Crippen LogP contribution in [0.1, 0.15) is 60.5 Å². The van der Waals surface area contributed by atoms with E-state index in [4.69, 9.17) is 21.3 Å². The minimum Gasteiger partial charge on any atom is -0.494 e. The summed E-state index contributed by atoms with van der Waals surface area (Å²) in [6, 6.07) is 15.0. The molecular weight excluding hydrogens is 464 g/mol. The number of nitrogens with zero attached hydrogens (tertiary/aromatic N) is 1. The minimum absolute atomic E-state index is 0.118. The molecule has 1 aromatic heterocycles. The summed E-state index contributed by atoms with van der Waals surface area (Å²) in [6.07, 6.45) is 4.79. The van der Waals surface area contributed by atoms with Crippen molar-refractivity contribution in [3.05, 3.63) is 75.1 Å². The van der Waals surface area contributed by atoms with Crippen LogP contribution in [0.5, 0.6) is 5.75 Å². The Morgan fingerprint density at radius 1 is 1.18 bits per heavy atom. The smallest absolute Gasteiger partial charge is 0.259 e. The highest BCUT2D eigenvalue weighted by Gasteiger charge is 2.33. The number of benzene rings is 2. The van der Waals surface area contributed by atoms with Crippen LogP contribution in [0, 0.1) is 11.3 Å². The van der Waals surface area contributed by atoms with Crippen LogP contribution < -0.4 is 10.1 Å². The minimum atomic E-state index is -0.118. The molecule has 0 spiro atoms. The van der Waals surface area contributed by atoms with Crippen LogP contribution in [0.4, 0.5) is 10.7 Å². The summed E-state index contributed by atoms with van der Waals surface area (Å²) in [5, 5.41) is 4.44. The van der Waals surface area contributed by atoms with Gasteiger partial charge >= 0.3 is 0 Å². The first kappa shape index (κ1) is 24.5. The van der Waals surface area contributed by atoms with E-state index >= 15 is 0 Å². The van der Waals surface area contributed by atoms with Gasteiger partial charge in [-0.3, -0.25) is 4.79 Å². The molecule has 0 aliphatic heterocycles. The fourth-order valence-electron chi connectivity index (χ4n) is 4.31. The van der Waals surface area contributed by atoms with Gasteiger partial charge in [-0.25, -0.2) is 4.99 Å². The molecule has 1 heterocycles. The van der Waals surface area contributed by atoms with Crippen molar-refractivity contribution in [3.8, 4) is 5.75 Å². The molecule has 0 radical (unpaired) electrons. The number of hydrogen-bond acceptors (Lipinski definition) is 4. The number of thiophene rings is 1. The number of rotatable bonds is 6. The molecule has 1 atom stereocenters. The van der Waals surface area contributed by atoms with Crippen molar-refractivity contribution in [2.75, 3.05) is 11.9 Å². The molecule has 0 unspecified atom stereocenters. The number of nitrogens with one attached hydrogen (secondary N) is 1. The molecule has 0 saturated carbocycles. The molecule has 4 rings (SSSR count). The van der Waals surface area contributed by atoms with Crippen LogP contribution in [-0.2, 0) is 12.8 Å². The van der Waals surface area contributed by atoms with Gasteiger partial charge in [0.1, 0.15) is 10.8 Å². The number of hydrogen-bond donors (Lipinski definition) is 1. The average Bonchev–Trinajstić information content (AvgIpc) is 3.17. The molecule has 0 saturated heterocycles. The van der Waals surface area contributed by atoms with Gasteiger partial charge in [-0.2, -0.15) is 0 Å². The molecule has 1 N–H and O–H groups in total. The molecule has 1 aliphatic carbocycles. The summed E-state index contributed by atoms with van der Waals surface area (Å²) in [5.74, 6) is 1.31. The lowest BCUT2D eigenvalue weighted by Gasteiger charge is -2.33. The number of carbonyl (C=O) groups excluding carboxylic acids is 1. The summed E-state index contributed by atoms with van der Waals surface area (Å²) in [7, 11) is 0. The van der Waals surface area contributed by atoms with Crippen molar-refractivity contribution < 1.29 is 9.53 Å². The quantitative estimate of drug-likeness (QED) is 0.353. The number of halogens is 1. The lowest BCUT2D eigenvalue weighted by atomic mass is 9.72. The van der Waals surface area contributed by atoms with E-state index in [1.807, 2.05) is 49.5 Å². The number of carbonyl (C=O) groups is 1. The number of ether oxygens (including phenoxy) is 1. The third kappa shape index (κ3) is 5.70. The topological polar surface area (TPSA) is 50.7 Å². The molecule has 34 heavy (non-hydrogen) atoms. The highest BCUT2D eigenvalue weighted by Crippen LogP contribution is 2.45. The van der Waals surface area contributed by atoms with E-state index in [0.29, 0.717) is 23.1 Å². The van der Waals surface area contributed by atoms with E-state index < -0.39 is 0 Å². The Morgan fingerprint density at radius 2 is 1.88 bits per heavy atom. The van der Waals surface area contributed by atoms with Gasteiger partial charge in [-0.1, -0.05) is 32.4 Å². The van der Waals surface area contributed by atoms with Crippen molar-refractivity contribution in [2.45, 2.75) is 47.0 Å².